The third-order valence-corrected chi connectivity index (χ3v) is 7.60. The van der Waals surface area contributed by atoms with E-state index in [2.05, 4.69) is 65.1 Å². The van der Waals surface area contributed by atoms with Gasteiger partial charge in [0.15, 0.2) is 0 Å². The van der Waals surface area contributed by atoms with Crippen molar-refractivity contribution in [2.45, 2.75) is 31.8 Å². The van der Waals surface area contributed by atoms with Gasteiger partial charge >= 0.3 is 5.97 Å². The number of carboxylic acid groups (broad SMARTS) is 1. The first-order valence-corrected chi connectivity index (χ1v) is 14.6. The second kappa shape index (κ2) is 15.1. The molecule has 0 aliphatic carbocycles. The smallest absolute Gasteiger partial charge is 0.344 e. The summed E-state index contributed by atoms with van der Waals surface area (Å²) >= 11 is 0. The van der Waals surface area contributed by atoms with Crippen molar-refractivity contribution in [2.24, 2.45) is 11.1 Å². The fraction of sp³-hybridized carbons (Fsp3) is 0.314. The van der Waals surface area contributed by atoms with Crippen LogP contribution in [-0.2, 0) is 27.4 Å². The molecule has 2 N–H and O–H groups in total. The number of carboxylic acids is 1. The molecule has 1 fully saturated rings. The number of benzene rings is 4. The molecule has 4 aromatic carbocycles. The number of rotatable bonds is 14. The van der Waals surface area contributed by atoms with Gasteiger partial charge in [0.05, 0.1) is 25.5 Å². The lowest BCUT2D eigenvalue weighted by molar-refractivity contribution is -0.142. The van der Waals surface area contributed by atoms with Crippen molar-refractivity contribution >= 4 is 22.5 Å². The van der Waals surface area contributed by atoms with E-state index in [1.165, 1.54) is 16.5 Å². The average Bonchev–Trinajstić information content (AvgIpc) is 3.03. The molecule has 7 heteroatoms. The maximum Gasteiger partial charge on any atom is 0.344 e. The topological polar surface area (TPSA) is 89.4 Å². The number of aliphatic carboxylic acids is 1. The maximum absolute atomic E-state index is 11.1. The summed E-state index contributed by atoms with van der Waals surface area (Å²) in [4.78, 5) is 16.4. The molecule has 42 heavy (non-hydrogen) atoms. The van der Waals surface area contributed by atoms with Gasteiger partial charge < -0.3 is 24.7 Å². The number of hydrogen-bond donors (Lipinski definition) is 2. The third kappa shape index (κ3) is 8.41. The number of nitrogens with one attached hydrogen (secondary N) is 1. The van der Waals surface area contributed by atoms with Gasteiger partial charge in [0.25, 0.3) is 0 Å². The Morgan fingerprint density at radius 2 is 1.67 bits per heavy atom. The molecule has 218 valence electrons. The number of oxime groups is 1. The minimum atomic E-state index is -1.04. The Kier molecular flexibility index (Phi) is 10.6. The van der Waals surface area contributed by atoms with Crippen molar-refractivity contribution in [3.8, 4) is 5.75 Å². The molecule has 1 heterocycles. The highest BCUT2D eigenvalue weighted by Gasteiger charge is 2.31. The first kappa shape index (κ1) is 29.3. The molecule has 0 spiro atoms. The van der Waals surface area contributed by atoms with Crippen LogP contribution in [0.15, 0.2) is 102 Å². The number of piperidine rings is 1. The molecule has 1 aliphatic rings. The number of fused-ring (bicyclic) bond motifs is 1. The zero-order chi connectivity index (χ0) is 29.0. The lowest BCUT2D eigenvalue weighted by Crippen LogP contribution is -2.40. The van der Waals surface area contributed by atoms with Crippen molar-refractivity contribution in [2.75, 3.05) is 32.9 Å². The molecule has 0 saturated carbocycles. The SMILES string of the molecule is O=C(O)CON=C(Cc1ccc2ccccc2c1)C1CNCCC1c1ccc(OCCCOCc2ccccc2)cc1. The van der Waals surface area contributed by atoms with E-state index >= 15 is 0 Å². The molecule has 0 amide bonds. The van der Waals surface area contributed by atoms with E-state index in [4.69, 9.17) is 19.4 Å². The van der Waals surface area contributed by atoms with E-state index in [1.807, 2.05) is 42.5 Å². The van der Waals surface area contributed by atoms with E-state index in [9.17, 15) is 4.79 Å². The number of hydrogen-bond acceptors (Lipinski definition) is 6. The second-order valence-corrected chi connectivity index (χ2v) is 10.6. The molecule has 1 saturated heterocycles. The molecule has 2 unspecified atom stereocenters. The predicted molar refractivity (Wildman–Crippen MR) is 165 cm³/mol. The standard InChI is InChI=1S/C35H38N2O5/c38-35(39)25-42-37-34(22-27-11-12-28-9-4-5-10-30(28)21-27)33-23-36-18-17-32(33)29-13-15-31(16-14-29)41-20-6-19-40-24-26-7-2-1-3-8-26/h1-5,7-16,21,32-33,36H,6,17-20,22-25H2,(H,38,39). The molecule has 0 bridgehead atoms. The summed E-state index contributed by atoms with van der Waals surface area (Å²) in [6.07, 6.45) is 2.34. The Morgan fingerprint density at radius 1 is 0.881 bits per heavy atom. The van der Waals surface area contributed by atoms with Crippen LogP contribution in [0.5, 0.6) is 5.75 Å². The molecule has 4 aromatic rings. The van der Waals surface area contributed by atoms with Crippen LogP contribution in [0, 0.1) is 5.92 Å². The Morgan fingerprint density at radius 3 is 2.48 bits per heavy atom. The van der Waals surface area contributed by atoms with Gasteiger partial charge in [-0.3, -0.25) is 0 Å². The van der Waals surface area contributed by atoms with Gasteiger partial charge in [0, 0.05) is 25.3 Å². The van der Waals surface area contributed by atoms with Crippen molar-refractivity contribution in [1.29, 1.82) is 0 Å². The number of nitrogens with zero attached hydrogens (tertiary/aromatic N) is 1. The summed E-state index contributed by atoms with van der Waals surface area (Å²) < 4.78 is 11.7. The van der Waals surface area contributed by atoms with Gasteiger partial charge in [-0.05, 0) is 58.5 Å². The van der Waals surface area contributed by atoms with Gasteiger partial charge in [-0.15, -0.1) is 0 Å². The van der Waals surface area contributed by atoms with E-state index in [-0.39, 0.29) is 11.8 Å². The fourth-order valence-electron chi connectivity index (χ4n) is 5.49. The lowest BCUT2D eigenvalue weighted by Gasteiger charge is -2.33. The quantitative estimate of drug-likeness (QED) is 0.107. The minimum Gasteiger partial charge on any atom is -0.494 e. The maximum atomic E-state index is 11.1. The summed E-state index contributed by atoms with van der Waals surface area (Å²) in [6, 6.07) is 33.1. The average molecular weight is 567 g/mol. The highest BCUT2D eigenvalue weighted by molar-refractivity contribution is 5.91. The molecular weight excluding hydrogens is 528 g/mol. The Labute approximate surface area is 247 Å². The largest absolute Gasteiger partial charge is 0.494 e. The van der Waals surface area contributed by atoms with Gasteiger partial charge in [-0.1, -0.05) is 90.1 Å². The van der Waals surface area contributed by atoms with Crippen molar-refractivity contribution in [1.82, 2.24) is 5.32 Å². The fourth-order valence-corrected chi connectivity index (χ4v) is 5.49. The van der Waals surface area contributed by atoms with Gasteiger partial charge in [-0.2, -0.15) is 0 Å². The Bertz CT molecular complexity index is 1460. The highest BCUT2D eigenvalue weighted by atomic mass is 16.6. The van der Waals surface area contributed by atoms with Crippen LogP contribution in [0.3, 0.4) is 0 Å². The van der Waals surface area contributed by atoms with E-state index in [1.54, 1.807) is 0 Å². The molecular formula is C35H38N2O5. The van der Waals surface area contributed by atoms with E-state index in [0.717, 1.165) is 48.3 Å². The molecule has 7 nitrogen and oxygen atoms in total. The van der Waals surface area contributed by atoms with Crippen LogP contribution in [0.2, 0.25) is 0 Å². The lowest BCUT2D eigenvalue weighted by atomic mass is 9.77. The summed E-state index contributed by atoms with van der Waals surface area (Å²) in [7, 11) is 0. The molecule has 5 rings (SSSR count). The Balaban J connectivity index is 1.22. The first-order chi connectivity index (χ1) is 20.7. The number of carbonyl (C=O) groups is 1. The summed E-state index contributed by atoms with van der Waals surface area (Å²) in [5, 5.41) is 19.4. The van der Waals surface area contributed by atoms with Gasteiger partial charge in [0.2, 0.25) is 6.61 Å². The molecule has 0 radical (unpaired) electrons. The first-order valence-electron chi connectivity index (χ1n) is 14.6. The van der Waals surface area contributed by atoms with Crippen molar-refractivity contribution in [3.05, 3.63) is 114 Å². The summed E-state index contributed by atoms with van der Waals surface area (Å²) in [5.74, 6) is 0.0782. The third-order valence-electron chi connectivity index (χ3n) is 7.60. The zero-order valence-electron chi connectivity index (χ0n) is 23.8. The van der Waals surface area contributed by atoms with Gasteiger partial charge in [0.1, 0.15) is 5.75 Å². The molecule has 1 aliphatic heterocycles. The van der Waals surface area contributed by atoms with Crippen LogP contribution >= 0.6 is 0 Å². The van der Waals surface area contributed by atoms with Crippen LogP contribution in [0.25, 0.3) is 10.8 Å². The minimum absolute atomic E-state index is 0.0625. The number of ether oxygens (including phenoxy) is 2. The van der Waals surface area contributed by atoms with Crippen molar-refractivity contribution < 1.29 is 24.2 Å². The second-order valence-electron chi connectivity index (χ2n) is 10.6. The predicted octanol–water partition coefficient (Wildman–Crippen LogP) is 6.22. The van der Waals surface area contributed by atoms with Crippen molar-refractivity contribution in [3.63, 3.8) is 0 Å². The van der Waals surface area contributed by atoms with Gasteiger partial charge in [-0.25, -0.2) is 4.79 Å². The van der Waals surface area contributed by atoms with E-state index < -0.39 is 12.6 Å². The monoisotopic (exact) mass is 566 g/mol. The van der Waals surface area contributed by atoms with E-state index in [0.29, 0.717) is 26.2 Å². The van der Waals surface area contributed by atoms with Crippen LogP contribution < -0.4 is 10.1 Å². The Hall–Kier alpha value is -4.20. The summed E-state index contributed by atoms with van der Waals surface area (Å²) in [5.41, 5.74) is 4.35. The van der Waals surface area contributed by atoms with Crippen LogP contribution in [0.4, 0.5) is 0 Å². The molecule has 2 atom stereocenters. The zero-order valence-corrected chi connectivity index (χ0v) is 23.8. The van der Waals surface area contributed by atoms with Crippen LogP contribution in [0.1, 0.15) is 35.4 Å². The molecule has 0 aromatic heterocycles. The van der Waals surface area contributed by atoms with Crippen LogP contribution in [-0.4, -0.2) is 49.7 Å². The normalized spacial score (nSPS) is 17.2. The highest BCUT2D eigenvalue weighted by Crippen LogP contribution is 2.33. The summed E-state index contributed by atoms with van der Waals surface area (Å²) in [6.45, 7) is 3.03.